The quantitative estimate of drug-likeness (QED) is 0.127. The molecule has 10 atom stereocenters. The summed E-state index contributed by atoms with van der Waals surface area (Å²) in [7, 11) is 0. The number of carbonyl (C=O) groups is 8. The Balaban J connectivity index is 2.36. The molecule has 2 saturated heterocycles. The highest BCUT2D eigenvalue weighted by atomic mass is 32.2. The van der Waals surface area contributed by atoms with Crippen LogP contribution in [0.5, 0.6) is 0 Å². The Morgan fingerprint density at radius 3 is 0.920 bits per heavy atom. The fraction of sp³-hybridized carbons (Fsp3) is 0.733. The van der Waals surface area contributed by atoms with E-state index < -0.39 is 121 Å². The molecule has 0 aromatic rings. The number of ether oxygens (including phenoxy) is 10. The van der Waals surface area contributed by atoms with Crippen LogP contribution in [0.25, 0.3) is 0 Å². The van der Waals surface area contributed by atoms with Gasteiger partial charge in [-0.2, -0.15) is 0 Å². The summed E-state index contributed by atoms with van der Waals surface area (Å²) in [4.78, 5) is 95.7. The van der Waals surface area contributed by atoms with Crippen molar-refractivity contribution >= 4 is 71.3 Å². The highest BCUT2D eigenvalue weighted by molar-refractivity contribution is 8.03. The van der Waals surface area contributed by atoms with E-state index in [1.807, 2.05) is 0 Å². The van der Waals surface area contributed by atoms with Gasteiger partial charge in [-0.3, -0.25) is 38.4 Å². The molecule has 0 aromatic carbocycles. The van der Waals surface area contributed by atoms with Gasteiger partial charge < -0.3 is 47.4 Å². The molecule has 2 rings (SSSR count). The zero-order valence-corrected chi connectivity index (χ0v) is 30.4. The topological polar surface area (TPSA) is 229 Å². The highest BCUT2D eigenvalue weighted by Crippen LogP contribution is 2.37. The van der Waals surface area contributed by atoms with Crippen molar-refractivity contribution in [2.24, 2.45) is 0 Å². The van der Waals surface area contributed by atoms with Crippen molar-refractivity contribution in [3.63, 3.8) is 0 Å². The van der Waals surface area contributed by atoms with Gasteiger partial charge >= 0.3 is 47.8 Å². The van der Waals surface area contributed by atoms with E-state index in [4.69, 9.17) is 47.4 Å². The van der Waals surface area contributed by atoms with Crippen LogP contribution in [0.4, 0.5) is 0 Å². The predicted molar refractivity (Wildman–Crippen MR) is 169 cm³/mol. The molecule has 0 radical (unpaired) electrons. The summed E-state index contributed by atoms with van der Waals surface area (Å²) in [5.74, 6) is -5.52. The van der Waals surface area contributed by atoms with E-state index in [-0.39, 0.29) is 11.5 Å². The maximum Gasteiger partial charge on any atom is 0.303 e. The van der Waals surface area contributed by atoms with Crippen molar-refractivity contribution in [2.75, 3.05) is 24.7 Å². The number of rotatable bonds is 15. The van der Waals surface area contributed by atoms with E-state index in [1.165, 1.54) is 0 Å². The minimum atomic E-state index is -1.35. The lowest BCUT2D eigenvalue weighted by Crippen LogP contribution is -2.61. The predicted octanol–water partition coefficient (Wildman–Crippen LogP) is 0.619. The summed E-state index contributed by atoms with van der Waals surface area (Å²) in [6.45, 7) is 8.22. The Labute approximate surface area is 296 Å². The second-order valence-corrected chi connectivity index (χ2v) is 13.3. The fourth-order valence-electron chi connectivity index (χ4n) is 4.97. The molecular formula is C30H42O18S2. The van der Waals surface area contributed by atoms with Gasteiger partial charge in [-0.05, 0) is 0 Å². The number of hydrogen-bond acceptors (Lipinski definition) is 20. The third-order valence-corrected chi connectivity index (χ3v) is 9.10. The smallest absolute Gasteiger partial charge is 0.303 e. The molecule has 0 spiro atoms. The zero-order valence-electron chi connectivity index (χ0n) is 28.8. The first-order valence-electron chi connectivity index (χ1n) is 15.2. The highest BCUT2D eigenvalue weighted by Gasteiger charge is 2.54. The summed E-state index contributed by atoms with van der Waals surface area (Å²) >= 11 is 2.19. The van der Waals surface area contributed by atoms with E-state index in [1.54, 1.807) is 0 Å². The molecule has 50 heavy (non-hydrogen) atoms. The van der Waals surface area contributed by atoms with Crippen molar-refractivity contribution in [2.45, 2.75) is 115 Å². The van der Waals surface area contributed by atoms with E-state index in [2.05, 4.69) is 0 Å². The average Bonchev–Trinajstić information content (AvgIpc) is 2.97. The van der Waals surface area contributed by atoms with Gasteiger partial charge in [0.05, 0.1) is 0 Å². The Morgan fingerprint density at radius 2 is 0.660 bits per heavy atom. The number of hydrogen-bond donors (Lipinski definition) is 0. The van der Waals surface area contributed by atoms with Gasteiger partial charge in [-0.1, -0.05) is 0 Å². The number of carbonyl (C=O) groups excluding carboxylic acids is 8. The summed E-state index contributed by atoms with van der Waals surface area (Å²) < 4.78 is 55.0. The van der Waals surface area contributed by atoms with Gasteiger partial charge in [0.1, 0.15) is 36.3 Å². The second-order valence-electron chi connectivity index (χ2n) is 10.9. The minimum absolute atomic E-state index is 0.200. The van der Waals surface area contributed by atoms with Crippen LogP contribution in [-0.2, 0) is 85.7 Å². The first-order valence-corrected chi connectivity index (χ1v) is 17.3. The maximum absolute atomic E-state index is 12.1. The molecule has 0 N–H and O–H groups in total. The van der Waals surface area contributed by atoms with Gasteiger partial charge in [0.25, 0.3) is 0 Å². The van der Waals surface area contributed by atoms with Crippen LogP contribution in [0, 0.1) is 0 Å². The SMILES string of the molecule is CC(=O)OC[C@H]1O[C@@H](SCCS[C@@H]2O[C@H](COC(C)=O)[C@H](OC(C)=O)[C@H](OC(C)=O)[C@H]2OC(C)=O)[C@H](OC(C)=O)[C@@H](OC(C)=O)[C@H]1OC(C)=O. The standard InChI is InChI=1S/C30H42O18S2/c1-13(31)39-11-21-23(41-15(3)33)25(43-17(5)35)27(45-19(7)37)29(47-21)49-9-10-50-30-28(46-20(8)38)26(44-18(6)36)24(42-16(4)34)22(48-30)12-40-14(2)32/h21-30H,9-12H2,1-8H3/t21-,22-,23+,24+,25+,26+,27-,28-,29+,30+/m1/s1. The van der Waals surface area contributed by atoms with Gasteiger partial charge in [0.2, 0.25) is 0 Å². The van der Waals surface area contributed by atoms with Crippen molar-refractivity contribution in [3.05, 3.63) is 0 Å². The maximum atomic E-state index is 12.1. The molecule has 0 saturated carbocycles. The van der Waals surface area contributed by atoms with Crippen LogP contribution >= 0.6 is 23.5 Å². The van der Waals surface area contributed by atoms with Crippen LogP contribution in [-0.4, -0.2) is 132 Å². The first kappa shape index (κ1) is 42.5. The van der Waals surface area contributed by atoms with Crippen LogP contribution in [0.2, 0.25) is 0 Å². The number of thioether (sulfide) groups is 2. The number of esters is 8. The third-order valence-electron chi connectivity index (χ3n) is 6.54. The largest absolute Gasteiger partial charge is 0.463 e. The molecule has 0 bridgehead atoms. The summed E-state index contributed by atoms with van der Waals surface area (Å²) in [5.41, 5.74) is -2.10. The summed E-state index contributed by atoms with van der Waals surface area (Å²) in [5, 5.41) is 0. The van der Waals surface area contributed by atoms with E-state index in [9.17, 15) is 38.4 Å². The van der Waals surface area contributed by atoms with E-state index in [0.29, 0.717) is 0 Å². The van der Waals surface area contributed by atoms with Gasteiger partial charge in [0, 0.05) is 66.9 Å². The lowest BCUT2D eigenvalue weighted by Gasteiger charge is -2.44. The molecule has 2 heterocycles. The van der Waals surface area contributed by atoms with Crippen LogP contribution < -0.4 is 0 Å². The van der Waals surface area contributed by atoms with Gasteiger partial charge in [-0.15, -0.1) is 23.5 Å². The summed E-state index contributed by atoms with van der Waals surface area (Å²) in [6, 6.07) is 0. The minimum Gasteiger partial charge on any atom is -0.463 e. The van der Waals surface area contributed by atoms with Crippen molar-refractivity contribution in [1.82, 2.24) is 0 Å². The molecule has 20 heteroatoms. The molecule has 2 aliphatic heterocycles. The zero-order chi connectivity index (χ0) is 37.7. The van der Waals surface area contributed by atoms with E-state index >= 15 is 0 Å². The van der Waals surface area contributed by atoms with Crippen molar-refractivity contribution in [1.29, 1.82) is 0 Å². The van der Waals surface area contributed by atoms with Crippen molar-refractivity contribution < 1.29 is 85.7 Å². The lowest BCUT2D eigenvalue weighted by molar-refractivity contribution is -0.237. The molecule has 0 aromatic heterocycles. The average molecular weight is 755 g/mol. The summed E-state index contributed by atoms with van der Waals surface area (Å²) in [6.07, 6.45) is -10.2. The molecule has 2 aliphatic rings. The lowest BCUT2D eigenvalue weighted by atomic mass is 9.99. The van der Waals surface area contributed by atoms with Crippen molar-refractivity contribution in [3.8, 4) is 0 Å². The normalized spacial score (nSPS) is 29.0. The molecule has 0 unspecified atom stereocenters. The monoisotopic (exact) mass is 754 g/mol. The molecule has 282 valence electrons. The molecule has 0 amide bonds. The van der Waals surface area contributed by atoms with Crippen LogP contribution in [0.1, 0.15) is 55.4 Å². The van der Waals surface area contributed by atoms with Gasteiger partial charge in [-0.25, -0.2) is 0 Å². The Kier molecular flexibility index (Phi) is 17.3. The van der Waals surface area contributed by atoms with Gasteiger partial charge in [0.15, 0.2) is 36.6 Å². The van der Waals surface area contributed by atoms with E-state index in [0.717, 1.165) is 78.9 Å². The first-order chi connectivity index (χ1) is 23.4. The Morgan fingerprint density at radius 1 is 0.400 bits per heavy atom. The second kappa shape index (κ2) is 20.3. The molecule has 2 fully saturated rings. The molecule has 0 aliphatic carbocycles. The Bertz CT molecular complexity index is 1160. The molecular weight excluding hydrogens is 712 g/mol. The van der Waals surface area contributed by atoms with Crippen LogP contribution in [0.15, 0.2) is 0 Å². The Hall–Kier alpha value is -3.62. The third kappa shape index (κ3) is 13.9. The van der Waals surface area contributed by atoms with Crippen LogP contribution in [0.3, 0.4) is 0 Å². The fourth-order valence-corrected chi connectivity index (χ4v) is 7.45. The molecule has 18 nitrogen and oxygen atoms in total.